The fourth-order valence-electron chi connectivity index (χ4n) is 1.61. The lowest BCUT2D eigenvalue weighted by molar-refractivity contribution is -0.131. The Labute approximate surface area is 103 Å². The number of carboxylic acid groups (broad SMARTS) is 1. The summed E-state index contributed by atoms with van der Waals surface area (Å²) >= 11 is 1.84. The number of hydrogen-bond donors (Lipinski definition) is 1. The topological polar surface area (TPSA) is 75.4 Å². The van der Waals surface area contributed by atoms with Crippen LogP contribution in [0.4, 0.5) is 0 Å². The summed E-state index contributed by atoms with van der Waals surface area (Å²) in [6, 6.07) is 0. The van der Waals surface area contributed by atoms with Crippen molar-refractivity contribution >= 4 is 23.6 Å². The normalized spacial score (nSPS) is 15.9. The van der Waals surface area contributed by atoms with Crippen LogP contribution in [-0.2, 0) is 11.3 Å². The molecule has 1 saturated heterocycles. The van der Waals surface area contributed by atoms with Crippen LogP contribution in [0.2, 0.25) is 0 Å². The molecule has 0 spiro atoms. The molecule has 2 rings (SSSR count). The SMILES string of the molecule is O=C(O)c1cnn(CC(=O)N2CCSCC2)c1. The molecule has 1 amide bonds. The molecule has 0 radical (unpaired) electrons. The molecule has 0 bridgehead atoms. The summed E-state index contributed by atoms with van der Waals surface area (Å²) in [5.41, 5.74) is 0.104. The quantitative estimate of drug-likeness (QED) is 0.832. The minimum absolute atomic E-state index is 0.00895. The monoisotopic (exact) mass is 255 g/mol. The Morgan fingerprint density at radius 1 is 1.41 bits per heavy atom. The van der Waals surface area contributed by atoms with Crippen molar-refractivity contribution < 1.29 is 14.7 Å². The fourth-order valence-corrected chi connectivity index (χ4v) is 2.51. The molecule has 2 heterocycles. The summed E-state index contributed by atoms with van der Waals surface area (Å²) in [6.07, 6.45) is 2.63. The predicted molar refractivity (Wildman–Crippen MR) is 63.1 cm³/mol. The molecule has 0 atom stereocenters. The standard InChI is InChI=1S/C10H13N3O3S/c14-9(12-1-3-17-4-2-12)7-13-6-8(5-11-13)10(15)16/h5-6H,1-4,7H2,(H,15,16). The molecule has 1 N–H and O–H groups in total. The molecular weight excluding hydrogens is 242 g/mol. The summed E-state index contributed by atoms with van der Waals surface area (Å²) in [6.45, 7) is 1.63. The lowest BCUT2D eigenvalue weighted by Gasteiger charge is -2.26. The lowest BCUT2D eigenvalue weighted by atomic mass is 10.4. The predicted octanol–water partition coefficient (Wildman–Crippen LogP) is 0.157. The Kier molecular flexibility index (Phi) is 3.68. The van der Waals surface area contributed by atoms with Crippen molar-refractivity contribution in [3.8, 4) is 0 Å². The van der Waals surface area contributed by atoms with E-state index >= 15 is 0 Å². The number of carboxylic acids is 1. The largest absolute Gasteiger partial charge is 0.478 e. The maximum Gasteiger partial charge on any atom is 0.338 e. The number of amides is 1. The van der Waals surface area contributed by atoms with Crippen molar-refractivity contribution in [2.45, 2.75) is 6.54 Å². The summed E-state index contributed by atoms with van der Waals surface area (Å²) in [4.78, 5) is 24.3. The summed E-state index contributed by atoms with van der Waals surface area (Å²) in [5, 5.41) is 12.6. The van der Waals surface area contributed by atoms with Gasteiger partial charge in [0.25, 0.3) is 0 Å². The molecule has 0 aliphatic carbocycles. The van der Waals surface area contributed by atoms with E-state index in [1.54, 1.807) is 4.90 Å². The third-order valence-electron chi connectivity index (χ3n) is 2.54. The van der Waals surface area contributed by atoms with Crippen LogP contribution in [0.15, 0.2) is 12.4 Å². The smallest absolute Gasteiger partial charge is 0.338 e. The van der Waals surface area contributed by atoms with E-state index in [1.165, 1.54) is 17.1 Å². The van der Waals surface area contributed by atoms with E-state index in [9.17, 15) is 9.59 Å². The first-order valence-corrected chi connectivity index (χ1v) is 6.43. The molecule has 0 saturated carbocycles. The van der Waals surface area contributed by atoms with Crippen LogP contribution in [0.1, 0.15) is 10.4 Å². The van der Waals surface area contributed by atoms with Crippen molar-refractivity contribution in [3.63, 3.8) is 0 Å². The fraction of sp³-hybridized carbons (Fsp3) is 0.500. The van der Waals surface area contributed by atoms with E-state index in [2.05, 4.69) is 5.10 Å². The van der Waals surface area contributed by atoms with Crippen molar-refractivity contribution in [2.24, 2.45) is 0 Å². The summed E-state index contributed by atoms with van der Waals surface area (Å²) in [5.74, 6) is 0.889. The number of nitrogens with zero attached hydrogens (tertiary/aromatic N) is 3. The van der Waals surface area contributed by atoms with E-state index in [0.29, 0.717) is 0 Å². The van der Waals surface area contributed by atoms with Crippen molar-refractivity contribution in [1.82, 2.24) is 14.7 Å². The van der Waals surface area contributed by atoms with Gasteiger partial charge in [-0.15, -0.1) is 0 Å². The van der Waals surface area contributed by atoms with Crippen LogP contribution in [0.25, 0.3) is 0 Å². The van der Waals surface area contributed by atoms with Gasteiger partial charge < -0.3 is 10.0 Å². The minimum Gasteiger partial charge on any atom is -0.478 e. The molecule has 1 aromatic heterocycles. The van der Waals surface area contributed by atoms with Gasteiger partial charge >= 0.3 is 5.97 Å². The Hall–Kier alpha value is -1.50. The van der Waals surface area contributed by atoms with Gasteiger partial charge in [0.15, 0.2) is 0 Å². The zero-order chi connectivity index (χ0) is 12.3. The highest BCUT2D eigenvalue weighted by atomic mass is 32.2. The molecule has 92 valence electrons. The van der Waals surface area contributed by atoms with Gasteiger partial charge in [-0.1, -0.05) is 0 Å². The average molecular weight is 255 g/mol. The molecule has 1 fully saturated rings. The Morgan fingerprint density at radius 2 is 2.12 bits per heavy atom. The van der Waals surface area contributed by atoms with E-state index in [4.69, 9.17) is 5.11 Å². The van der Waals surface area contributed by atoms with E-state index < -0.39 is 5.97 Å². The van der Waals surface area contributed by atoms with Gasteiger partial charge in [-0.25, -0.2) is 4.79 Å². The molecule has 0 unspecified atom stereocenters. The third kappa shape index (κ3) is 3.00. The average Bonchev–Trinajstić information content (AvgIpc) is 2.79. The van der Waals surface area contributed by atoms with E-state index in [0.717, 1.165) is 24.6 Å². The first kappa shape index (κ1) is 12.0. The van der Waals surface area contributed by atoms with Gasteiger partial charge in [-0.3, -0.25) is 9.48 Å². The minimum atomic E-state index is -1.03. The molecular formula is C10H13N3O3S. The lowest BCUT2D eigenvalue weighted by Crippen LogP contribution is -2.39. The number of carbonyl (C=O) groups excluding carboxylic acids is 1. The first-order chi connectivity index (χ1) is 8.16. The summed E-state index contributed by atoms with van der Waals surface area (Å²) < 4.78 is 1.37. The van der Waals surface area contributed by atoms with Gasteiger partial charge in [0, 0.05) is 30.8 Å². The molecule has 17 heavy (non-hydrogen) atoms. The maximum atomic E-state index is 11.9. The molecule has 1 aromatic rings. The second-order valence-corrected chi connectivity index (χ2v) is 4.95. The zero-order valence-corrected chi connectivity index (χ0v) is 10.0. The van der Waals surface area contributed by atoms with Crippen LogP contribution < -0.4 is 0 Å². The number of aromatic carboxylic acids is 1. The number of rotatable bonds is 3. The first-order valence-electron chi connectivity index (χ1n) is 5.28. The van der Waals surface area contributed by atoms with Crippen LogP contribution in [-0.4, -0.2) is 56.3 Å². The number of carbonyl (C=O) groups is 2. The molecule has 0 aromatic carbocycles. The van der Waals surface area contributed by atoms with Crippen molar-refractivity contribution in [2.75, 3.05) is 24.6 Å². The number of hydrogen-bond acceptors (Lipinski definition) is 4. The van der Waals surface area contributed by atoms with Crippen LogP contribution in [0, 0.1) is 0 Å². The third-order valence-corrected chi connectivity index (χ3v) is 3.48. The van der Waals surface area contributed by atoms with Crippen molar-refractivity contribution in [3.05, 3.63) is 18.0 Å². The zero-order valence-electron chi connectivity index (χ0n) is 9.20. The number of aromatic nitrogens is 2. The van der Waals surface area contributed by atoms with E-state index in [-0.39, 0.29) is 18.0 Å². The van der Waals surface area contributed by atoms with Gasteiger partial charge in [0.1, 0.15) is 6.54 Å². The van der Waals surface area contributed by atoms with Gasteiger partial charge in [-0.05, 0) is 0 Å². The van der Waals surface area contributed by atoms with Crippen LogP contribution in [0.3, 0.4) is 0 Å². The van der Waals surface area contributed by atoms with Gasteiger partial charge in [0.05, 0.1) is 11.8 Å². The van der Waals surface area contributed by atoms with E-state index in [1.807, 2.05) is 11.8 Å². The highest BCUT2D eigenvalue weighted by molar-refractivity contribution is 7.99. The highest BCUT2D eigenvalue weighted by Gasteiger charge is 2.17. The maximum absolute atomic E-state index is 11.9. The Bertz CT molecular complexity index is 426. The van der Waals surface area contributed by atoms with Crippen molar-refractivity contribution in [1.29, 1.82) is 0 Å². The van der Waals surface area contributed by atoms with Crippen LogP contribution in [0.5, 0.6) is 0 Å². The second kappa shape index (κ2) is 5.22. The number of thioether (sulfide) groups is 1. The molecule has 6 nitrogen and oxygen atoms in total. The molecule has 1 aliphatic rings. The molecule has 7 heteroatoms. The highest BCUT2D eigenvalue weighted by Crippen LogP contribution is 2.09. The van der Waals surface area contributed by atoms with Gasteiger partial charge in [-0.2, -0.15) is 16.9 Å². The summed E-state index contributed by atoms with van der Waals surface area (Å²) in [7, 11) is 0. The Morgan fingerprint density at radius 3 is 2.71 bits per heavy atom. The Balaban J connectivity index is 1.94. The van der Waals surface area contributed by atoms with Gasteiger partial charge in [0.2, 0.25) is 5.91 Å². The molecule has 1 aliphatic heterocycles. The second-order valence-electron chi connectivity index (χ2n) is 3.72. The van der Waals surface area contributed by atoms with Crippen LogP contribution >= 0.6 is 11.8 Å².